The summed E-state index contributed by atoms with van der Waals surface area (Å²) < 4.78 is 0.800. The summed E-state index contributed by atoms with van der Waals surface area (Å²) in [4.78, 5) is 0. The first-order valence-corrected chi connectivity index (χ1v) is 3.45. The molecule has 0 aromatic rings. The molecule has 1 N–H and O–H groups in total. The van der Waals surface area contributed by atoms with E-state index in [9.17, 15) is 0 Å². The van der Waals surface area contributed by atoms with Crippen LogP contribution in [0.15, 0.2) is 0 Å². The maximum atomic E-state index is 8.56. The lowest BCUT2D eigenvalue weighted by Crippen LogP contribution is -3.00. The van der Waals surface area contributed by atoms with E-state index in [1.807, 2.05) is 21.1 Å². The van der Waals surface area contributed by atoms with Gasteiger partial charge in [0.15, 0.2) is 0 Å². The molecule has 1 unspecified atom stereocenters. The molecule has 0 saturated carbocycles. The van der Waals surface area contributed by atoms with E-state index in [0.717, 1.165) is 11.0 Å². The van der Waals surface area contributed by atoms with Gasteiger partial charge in [-0.2, -0.15) is 0 Å². The molecule has 10 heavy (non-hydrogen) atoms. The number of hydrogen-bond acceptors (Lipinski definition) is 1. The maximum absolute atomic E-state index is 8.56. The second-order valence-corrected chi connectivity index (χ2v) is 3.87. The highest BCUT2D eigenvalue weighted by Gasteiger charge is 2.13. The van der Waals surface area contributed by atoms with Gasteiger partial charge in [-0.05, 0) is 0 Å². The van der Waals surface area contributed by atoms with Gasteiger partial charge in [0.05, 0.1) is 34.3 Å². The summed E-state index contributed by atoms with van der Waals surface area (Å²) in [5, 5.41) is 8.45. The summed E-state index contributed by atoms with van der Waals surface area (Å²) in [6.07, 6.45) is 0. The van der Waals surface area contributed by atoms with Crippen molar-refractivity contribution >= 4 is 11.6 Å². The SMILES string of the molecule is C[N+](C)(C)CC(Cl)CO.[Br-]. The molecule has 64 valence electrons. The maximum Gasteiger partial charge on any atom is 0.106 e. The summed E-state index contributed by atoms with van der Waals surface area (Å²) in [5.74, 6) is 0. The Labute approximate surface area is 78.1 Å². The van der Waals surface area contributed by atoms with Crippen molar-refractivity contribution in [2.24, 2.45) is 0 Å². The van der Waals surface area contributed by atoms with Gasteiger partial charge in [0, 0.05) is 0 Å². The first-order valence-electron chi connectivity index (χ1n) is 3.01. The minimum absolute atomic E-state index is 0. The van der Waals surface area contributed by atoms with Gasteiger partial charge in [-0.1, -0.05) is 0 Å². The van der Waals surface area contributed by atoms with Crippen LogP contribution >= 0.6 is 11.6 Å². The van der Waals surface area contributed by atoms with E-state index >= 15 is 0 Å². The largest absolute Gasteiger partial charge is 1.00 e. The topological polar surface area (TPSA) is 20.2 Å². The van der Waals surface area contributed by atoms with Gasteiger partial charge >= 0.3 is 0 Å². The Morgan fingerprint density at radius 1 is 1.40 bits per heavy atom. The zero-order valence-corrected chi connectivity index (χ0v) is 8.98. The average molecular weight is 233 g/mol. The number of alkyl halides is 1. The monoisotopic (exact) mass is 231 g/mol. The van der Waals surface area contributed by atoms with Crippen LogP contribution in [-0.2, 0) is 0 Å². The Morgan fingerprint density at radius 2 is 1.80 bits per heavy atom. The van der Waals surface area contributed by atoms with Crippen LogP contribution in [0.5, 0.6) is 0 Å². The number of aliphatic hydroxyl groups is 1. The second kappa shape index (κ2) is 5.35. The van der Waals surface area contributed by atoms with E-state index in [-0.39, 0.29) is 29.0 Å². The smallest absolute Gasteiger partial charge is 0.106 e. The molecule has 4 heteroatoms. The van der Waals surface area contributed by atoms with Gasteiger partial charge < -0.3 is 26.6 Å². The van der Waals surface area contributed by atoms with Crippen LogP contribution in [-0.4, -0.2) is 49.3 Å². The molecule has 0 heterocycles. The zero-order valence-electron chi connectivity index (χ0n) is 6.64. The van der Waals surface area contributed by atoms with Crippen molar-refractivity contribution in [3.05, 3.63) is 0 Å². The summed E-state index contributed by atoms with van der Waals surface area (Å²) in [6, 6.07) is 0. The van der Waals surface area contributed by atoms with Gasteiger partial charge in [0.2, 0.25) is 0 Å². The van der Waals surface area contributed by atoms with Crippen molar-refractivity contribution in [1.29, 1.82) is 0 Å². The molecule has 0 saturated heterocycles. The Kier molecular flexibility index (Phi) is 7.12. The van der Waals surface area contributed by atoms with Crippen molar-refractivity contribution < 1.29 is 26.6 Å². The van der Waals surface area contributed by atoms with E-state index < -0.39 is 0 Å². The lowest BCUT2D eigenvalue weighted by atomic mass is 10.4. The Morgan fingerprint density at radius 3 is 1.90 bits per heavy atom. The Balaban J connectivity index is 0. The third kappa shape index (κ3) is 8.69. The molecule has 0 radical (unpaired) electrons. The third-order valence-corrected chi connectivity index (χ3v) is 1.22. The third-order valence-electron chi connectivity index (χ3n) is 0.944. The van der Waals surface area contributed by atoms with Crippen molar-refractivity contribution in [2.75, 3.05) is 34.3 Å². The molecule has 0 bridgehead atoms. The highest BCUT2D eigenvalue weighted by atomic mass is 79.9. The lowest BCUT2D eigenvalue weighted by Gasteiger charge is -2.25. The van der Waals surface area contributed by atoms with Crippen LogP contribution < -0.4 is 17.0 Å². The molecule has 0 aliphatic rings. The lowest BCUT2D eigenvalue weighted by molar-refractivity contribution is -0.870. The van der Waals surface area contributed by atoms with E-state index in [0.29, 0.717) is 0 Å². The van der Waals surface area contributed by atoms with Gasteiger partial charge in [-0.3, -0.25) is 0 Å². The van der Waals surface area contributed by atoms with Crippen LogP contribution in [0.1, 0.15) is 0 Å². The molecule has 2 nitrogen and oxygen atoms in total. The number of quaternary nitrogens is 1. The molecule has 0 aromatic carbocycles. The fraction of sp³-hybridized carbons (Fsp3) is 1.00. The van der Waals surface area contributed by atoms with E-state index in [4.69, 9.17) is 16.7 Å². The minimum atomic E-state index is -0.106. The first-order chi connectivity index (χ1) is 3.95. The van der Waals surface area contributed by atoms with Gasteiger partial charge in [0.1, 0.15) is 5.38 Å². The normalized spacial score (nSPS) is 14.1. The van der Waals surface area contributed by atoms with E-state index in [1.165, 1.54) is 0 Å². The van der Waals surface area contributed by atoms with Gasteiger partial charge in [-0.15, -0.1) is 11.6 Å². The summed E-state index contributed by atoms with van der Waals surface area (Å²) >= 11 is 5.68. The number of aliphatic hydroxyl groups excluding tert-OH is 1. The van der Waals surface area contributed by atoms with Crippen molar-refractivity contribution in [3.63, 3.8) is 0 Å². The van der Waals surface area contributed by atoms with Crippen molar-refractivity contribution in [1.82, 2.24) is 0 Å². The molecule has 0 aliphatic heterocycles. The minimum Gasteiger partial charge on any atom is -1.00 e. The first kappa shape index (κ1) is 13.3. The van der Waals surface area contributed by atoms with Crippen LogP contribution in [0.3, 0.4) is 0 Å². The van der Waals surface area contributed by atoms with Crippen LogP contribution in [0.2, 0.25) is 0 Å². The summed E-state index contributed by atoms with van der Waals surface area (Å²) in [6.45, 7) is 0.870. The zero-order chi connectivity index (χ0) is 7.49. The number of hydrogen-bond donors (Lipinski definition) is 1. The van der Waals surface area contributed by atoms with Crippen molar-refractivity contribution in [3.8, 4) is 0 Å². The predicted molar refractivity (Wildman–Crippen MR) is 39.6 cm³/mol. The molecule has 0 amide bonds. The Bertz CT molecular complexity index is 84.3. The molecule has 0 spiro atoms. The summed E-state index contributed by atoms with van der Waals surface area (Å²) in [5.41, 5.74) is 0. The molecular weight excluding hydrogens is 217 g/mol. The number of nitrogens with zero attached hydrogens (tertiary/aromatic N) is 1. The molecular formula is C6H15BrClNO. The fourth-order valence-corrected chi connectivity index (χ4v) is 1.07. The van der Waals surface area contributed by atoms with Crippen molar-refractivity contribution in [2.45, 2.75) is 5.38 Å². The van der Waals surface area contributed by atoms with E-state index in [2.05, 4.69) is 0 Å². The second-order valence-electron chi connectivity index (χ2n) is 3.25. The summed E-state index contributed by atoms with van der Waals surface area (Å²) in [7, 11) is 6.14. The quantitative estimate of drug-likeness (QED) is 0.415. The molecule has 0 rings (SSSR count). The molecule has 0 aliphatic carbocycles. The molecule has 0 fully saturated rings. The Hall–Kier alpha value is 0.690. The highest BCUT2D eigenvalue weighted by Crippen LogP contribution is 2.00. The molecule has 0 aromatic heterocycles. The number of halogens is 2. The highest BCUT2D eigenvalue weighted by molar-refractivity contribution is 6.20. The van der Waals surface area contributed by atoms with Gasteiger partial charge in [0.25, 0.3) is 0 Å². The average Bonchev–Trinajstić information content (AvgIpc) is 1.62. The fourth-order valence-electron chi connectivity index (χ4n) is 0.652. The van der Waals surface area contributed by atoms with Crippen LogP contribution in [0, 0.1) is 0 Å². The number of rotatable bonds is 3. The standard InChI is InChI=1S/C6H15ClNO.BrH/c1-8(2,3)4-6(7)5-9;/h6,9H,4-5H2,1-3H3;1H/q+1;/p-1. The predicted octanol–water partition coefficient (Wildman–Crippen LogP) is -2.70. The van der Waals surface area contributed by atoms with E-state index in [1.54, 1.807) is 0 Å². The molecule has 1 atom stereocenters. The van der Waals surface area contributed by atoms with Crippen LogP contribution in [0.4, 0.5) is 0 Å². The van der Waals surface area contributed by atoms with Gasteiger partial charge in [-0.25, -0.2) is 0 Å². The van der Waals surface area contributed by atoms with Crippen LogP contribution in [0.25, 0.3) is 0 Å².